The molecule has 3 aliphatic rings. The van der Waals surface area contributed by atoms with Crippen molar-refractivity contribution in [1.82, 2.24) is 9.88 Å². The predicted octanol–water partition coefficient (Wildman–Crippen LogP) is 2.94. The van der Waals surface area contributed by atoms with Crippen LogP contribution in [-0.2, 0) is 16.0 Å². The van der Waals surface area contributed by atoms with Crippen LogP contribution >= 0.6 is 0 Å². The number of Topliss-reactive ketones (excluding diaryl/α,β-unsaturated/α-hetero) is 1. The van der Waals surface area contributed by atoms with E-state index in [1.54, 1.807) is 7.11 Å². The topological polar surface area (TPSA) is 54.9 Å². The minimum atomic E-state index is 0.263. The zero-order valence-electron chi connectivity index (χ0n) is 17.8. The summed E-state index contributed by atoms with van der Waals surface area (Å²) in [7, 11) is 1.60. The number of ketones is 1. The number of hydrogen-bond acceptors (Lipinski definition) is 6. The number of carbonyl (C=O) groups is 1. The van der Waals surface area contributed by atoms with E-state index < -0.39 is 0 Å². The summed E-state index contributed by atoms with van der Waals surface area (Å²) in [4.78, 5) is 21.5. The molecule has 6 heteroatoms. The van der Waals surface area contributed by atoms with Crippen molar-refractivity contribution >= 4 is 11.6 Å². The number of rotatable bonds is 8. The number of pyridine rings is 1. The molecule has 0 atom stereocenters. The molecule has 0 radical (unpaired) electrons. The number of nitrogens with zero attached hydrogens (tertiary/aromatic N) is 3. The monoisotopic (exact) mass is 401 g/mol. The van der Waals surface area contributed by atoms with E-state index in [2.05, 4.69) is 14.8 Å². The fourth-order valence-corrected chi connectivity index (χ4v) is 5.18. The van der Waals surface area contributed by atoms with Crippen LogP contribution in [0.5, 0.6) is 5.75 Å². The molecule has 2 fully saturated rings. The van der Waals surface area contributed by atoms with E-state index in [9.17, 15) is 4.79 Å². The van der Waals surface area contributed by atoms with Crippen molar-refractivity contribution in [2.45, 2.75) is 44.9 Å². The van der Waals surface area contributed by atoms with Gasteiger partial charge in [0.2, 0.25) is 0 Å². The molecule has 1 aliphatic carbocycles. The lowest BCUT2D eigenvalue weighted by molar-refractivity contribution is -0.123. The highest BCUT2D eigenvalue weighted by Gasteiger charge is 2.26. The number of piperazine rings is 1. The van der Waals surface area contributed by atoms with Gasteiger partial charge in [-0.15, -0.1) is 0 Å². The highest BCUT2D eigenvalue weighted by Crippen LogP contribution is 2.34. The summed E-state index contributed by atoms with van der Waals surface area (Å²) in [5.74, 6) is 3.84. The van der Waals surface area contributed by atoms with Crippen LogP contribution in [-0.4, -0.2) is 68.7 Å². The van der Waals surface area contributed by atoms with Gasteiger partial charge >= 0.3 is 0 Å². The molecule has 6 nitrogen and oxygen atoms in total. The molecular formula is C23H35N3O3. The third-order valence-corrected chi connectivity index (χ3v) is 6.91. The zero-order valence-corrected chi connectivity index (χ0v) is 17.8. The van der Waals surface area contributed by atoms with Crippen molar-refractivity contribution < 1.29 is 14.3 Å². The standard InChI is InChI=1S/C23H35N3O3/c1-28-17-20(27)16-19-4-2-18(3-5-19)7-10-25-11-13-26(14-12-25)23-21-8-15-29-22(21)6-9-24-23/h6,9,18-19H,2-5,7-8,10-17H2,1H3. The maximum Gasteiger partial charge on any atom is 0.158 e. The molecule has 1 saturated carbocycles. The quantitative estimate of drug-likeness (QED) is 0.668. The van der Waals surface area contributed by atoms with Crippen molar-refractivity contribution in [1.29, 1.82) is 0 Å². The molecule has 0 N–H and O–H groups in total. The van der Waals surface area contributed by atoms with E-state index in [1.165, 1.54) is 44.2 Å². The number of fused-ring (bicyclic) bond motifs is 1. The number of anilines is 1. The first-order valence-corrected chi connectivity index (χ1v) is 11.3. The summed E-state index contributed by atoms with van der Waals surface area (Å²) in [5.41, 5.74) is 1.29. The smallest absolute Gasteiger partial charge is 0.158 e. The van der Waals surface area contributed by atoms with E-state index in [0.717, 1.165) is 56.7 Å². The summed E-state index contributed by atoms with van der Waals surface area (Å²) in [5, 5.41) is 0. The number of methoxy groups -OCH3 is 1. The second-order valence-corrected chi connectivity index (χ2v) is 8.89. The Balaban J connectivity index is 1.16. The third-order valence-electron chi connectivity index (χ3n) is 6.91. The fraction of sp³-hybridized carbons (Fsp3) is 0.739. The molecule has 4 rings (SSSR count). The average molecular weight is 402 g/mol. The summed E-state index contributed by atoms with van der Waals surface area (Å²) >= 11 is 0. The molecule has 1 saturated heterocycles. The van der Waals surface area contributed by atoms with Crippen LogP contribution in [0.15, 0.2) is 12.3 Å². The Labute approximate surface area is 174 Å². The van der Waals surface area contributed by atoms with Crippen molar-refractivity contribution in [2.24, 2.45) is 11.8 Å². The normalized spacial score (nSPS) is 24.9. The van der Waals surface area contributed by atoms with E-state index >= 15 is 0 Å². The van der Waals surface area contributed by atoms with E-state index in [0.29, 0.717) is 12.3 Å². The zero-order chi connectivity index (χ0) is 20.1. The van der Waals surface area contributed by atoms with Crippen LogP contribution < -0.4 is 9.64 Å². The van der Waals surface area contributed by atoms with Crippen molar-refractivity contribution in [3.8, 4) is 5.75 Å². The van der Waals surface area contributed by atoms with Crippen LogP contribution in [0.4, 0.5) is 5.82 Å². The molecule has 29 heavy (non-hydrogen) atoms. The minimum absolute atomic E-state index is 0.263. The second-order valence-electron chi connectivity index (χ2n) is 8.89. The van der Waals surface area contributed by atoms with Gasteiger partial charge in [0.1, 0.15) is 18.2 Å². The van der Waals surface area contributed by atoms with Gasteiger partial charge < -0.3 is 14.4 Å². The van der Waals surface area contributed by atoms with E-state index in [-0.39, 0.29) is 12.4 Å². The third kappa shape index (κ3) is 5.28. The van der Waals surface area contributed by atoms with Gasteiger partial charge in [0.25, 0.3) is 0 Å². The Morgan fingerprint density at radius 2 is 1.93 bits per heavy atom. The average Bonchev–Trinajstić information content (AvgIpc) is 3.23. The SMILES string of the molecule is COCC(=O)CC1CCC(CCN2CCN(c3nccc4c3CCO4)CC2)CC1. The minimum Gasteiger partial charge on any atom is -0.493 e. The first-order chi connectivity index (χ1) is 14.2. The first-order valence-electron chi connectivity index (χ1n) is 11.3. The Morgan fingerprint density at radius 1 is 1.17 bits per heavy atom. The molecule has 0 spiro atoms. The van der Waals surface area contributed by atoms with Crippen molar-refractivity contribution in [2.75, 3.05) is 57.9 Å². The lowest BCUT2D eigenvalue weighted by Gasteiger charge is -2.37. The van der Waals surface area contributed by atoms with Gasteiger partial charge in [0.05, 0.1) is 6.61 Å². The fourth-order valence-electron chi connectivity index (χ4n) is 5.18. The van der Waals surface area contributed by atoms with Crippen LogP contribution in [0.1, 0.15) is 44.1 Å². The maximum atomic E-state index is 11.8. The highest BCUT2D eigenvalue weighted by molar-refractivity contribution is 5.79. The van der Waals surface area contributed by atoms with Gasteiger partial charge in [-0.1, -0.05) is 12.8 Å². The maximum absolute atomic E-state index is 11.8. The largest absolute Gasteiger partial charge is 0.493 e. The summed E-state index contributed by atoms with van der Waals surface area (Å²) in [6.45, 7) is 6.61. The molecule has 0 aromatic carbocycles. The van der Waals surface area contributed by atoms with Gasteiger partial charge in [0, 0.05) is 57.9 Å². The number of carbonyl (C=O) groups excluding carboxylic acids is 1. The first kappa shape index (κ1) is 20.6. The molecule has 2 aliphatic heterocycles. The summed E-state index contributed by atoms with van der Waals surface area (Å²) in [6, 6.07) is 1.99. The van der Waals surface area contributed by atoms with Crippen LogP contribution in [0, 0.1) is 11.8 Å². The Morgan fingerprint density at radius 3 is 2.69 bits per heavy atom. The number of ether oxygens (including phenoxy) is 2. The van der Waals surface area contributed by atoms with E-state index in [1.807, 2.05) is 12.3 Å². The molecular weight excluding hydrogens is 366 g/mol. The Bertz CT molecular complexity index is 680. The molecule has 1 aromatic rings. The molecule has 3 heterocycles. The Kier molecular flexibility index (Phi) is 7.03. The van der Waals surface area contributed by atoms with Crippen molar-refractivity contribution in [3.63, 3.8) is 0 Å². The van der Waals surface area contributed by atoms with E-state index in [4.69, 9.17) is 9.47 Å². The predicted molar refractivity (Wildman–Crippen MR) is 114 cm³/mol. The van der Waals surface area contributed by atoms with Gasteiger partial charge in [-0.25, -0.2) is 4.98 Å². The van der Waals surface area contributed by atoms with Crippen LogP contribution in [0.3, 0.4) is 0 Å². The van der Waals surface area contributed by atoms with Gasteiger partial charge in [-0.05, 0) is 43.7 Å². The van der Waals surface area contributed by atoms with Gasteiger partial charge in [0.15, 0.2) is 5.78 Å². The van der Waals surface area contributed by atoms with Gasteiger partial charge in [-0.2, -0.15) is 0 Å². The van der Waals surface area contributed by atoms with Crippen LogP contribution in [0.2, 0.25) is 0 Å². The lowest BCUT2D eigenvalue weighted by atomic mass is 9.78. The van der Waals surface area contributed by atoms with Crippen molar-refractivity contribution in [3.05, 3.63) is 17.8 Å². The Hall–Kier alpha value is -1.66. The second kappa shape index (κ2) is 9.90. The molecule has 0 unspecified atom stereocenters. The van der Waals surface area contributed by atoms with Crippen LogP contribution in [0.25, 0.3) is 0 Å². The molecule has 160 valence electrons. The summed E-state index contributed by atoms with van der Waals surface area (Å²) in [6.07, 6.45) is 9.86. The lowest BCUT2D eigenvalue weighted by Crippen LogP contribution is -2.47. The molecule has 0 bridgehead atoms. The highest BCUT2D eigenvalue weighted by atomic mass is 16.5. The summed E-state index contributed by atoms with van der Waals surface area (Å²) < 4.78 is 10.7. The number of hydrogen-bond donors (Lipinski definition) is 0. The molecule has 0 amide bonds. The number of aromatic nitrogens is 1. The van der Waals surface area contributed by atoms with Gasteiger partial charge in [-0.3, -0.25) is 9.69 Å². The molecule has 1 aromatic heterocycles.